The van der Waals surface area contributed by atoms with Gasteiger partial charge in [-0.25, -0.2) is 4.79 Å². The van der Waals surface area contributed by atoms with E-state index in [0.717, 1.165) is 6.08 Å². The highest BCUT2D eigenvalue weighted by atomic mass is 16.6. The third-order valence-electron chi connectivity index (χ3n) is 2.03. The number of hydrogen-bond donors (Lipinski definition) is 0. The van der Waals surface area contributed by atoms with E-state index in [1.165, 1.54) is 6.07 Å². The van der Waals surface area contributed by atoms with E-state index in [1.54, 1.807) is 25.1 Å². The highest BCUT2D eigenvalue weighted by Crippen LogP contribution is 2.26. The highest BCUT2D eigenvalue weighted by Gasteiger charge is 2.20. The van der Waals surface area contributed by atoms with Crippen LogP contribution in [-0.2, 0) is 9.53 Å². The predicted molar refractivity (Wildman–Crippen MR) is 57.8 cm³/mol. The molecule has 0 aromatic heterocycles. The summed E-state index contributed by atoms with van der Waals surface area (Å²) in [6, 6.07) is 6.14. The Balaban J connectivity index is 2.98. The van der Waals surface area contributed by atoms with Gasteiger partial charge in [-0.3, -0.25) is 10.1 Å². The van der Waals surface area contributed by atoms with Crippen LogP contribution in [0.25, 0.3) is 0 Å². The molecule has 0 bridgehead atoms. The maximum absolute atomic E-state index is 11.0. The molecule has 1 unspecified atom stereocenters. The Hall–Kier alpha value is -2.17. The number of nitro benzene ring substituents is 1. The Morgan fingerprint density at radius 3 is 2.75 bits per heavy atom. The Bertz CT molecular complexity index is 428. The second-order valence-electron chi connectivity index (χ2n) is 3.10. The lowest BCUT2D eigenvalue weighted by atomic mass is 10.1. The summed E-state index contributed by atoms with van der Waals surface area (Å²) in [4.78, 5) is 21.2. The molecule has 0 aliphatic carbocycles. The molecule has 0 aliphatic rings. The van der Waals surface area contributed by atoms with Gasteiger partial charge in [0.05, 0.1) is 10.5 Å². The van der Waals surface area contributed by atoms with Crippen molar-refractivity contribution in [3.05, 3.63) is 52.6 Å². The Kier molecular flexibility index (Phi) is 3.77. The molecule has 0 N–H and O–H groups in total. The second kappa shape index (κ2) is 5.06. The molecule has 1 aromatic rings. The molecule has 0 radical (unpaired) electrons. The maximum atomic E-state index is 11.0. The van der Waals surface area contributed by atoms with Gasteiger partial charge in [-0.15, -0.1) is 0 Å². The third-order valence-corrected chi connectivity index (χ3v) is 2.03. The number of ether oxygens (including phenoxy) is 1. The number of para-hydroxylation sites is 1. The van der Waals surface area contributed by atoms with Crippen LogP contribution in [0.1, 0.15) is 18.6 Å². The number of nitro groups is 1. The lowest BCUT2D eigenvalue weighted by Gasteiger charge is -2.11. The van der Waals surface area contributed by atoms with E-state index in [1.807, 2.05) is 0 Å². The predicted octanol–water partition coefficient (Wildman–Crippen LogP) is 2.39. The van der Waals surface area contributed by atoms with Gasteiger partial charge in [0.2, 0.25) is 0 Å². The maximum Gasteiger partial charge on any atom is 0.330 e. The average molecular weight is 221 g/mol. The van der Waals surface area contributed by atoms with Gasteiger partial charge in [0, 0.05) is 12.1 Å². The van der Waals surface area contributed by atoms with E-state index in [0.29, 0.717) is 5.56 Å². The van der Waals surface area contributed by atoms with Crippen LogP contribution in [0.4, 0.5) is 5.69 Å². The van der Waals surface area contributed by atoms with Crippen molar-refractivity contribution in [3.8, 4) is 0 Å². The van der Waals surface area contributed by atoms with Crippen LogP contribution in [0.15, 0.2) is 36.9 Å². The van der Waals surface area contributed by atoms with Gasteiger partial charge >= 0.3 is 5.97 Å². The highest BCUT2D eigenvalue weighted by molar-refractivity contribution is 5.81. The fourth-order valence-corrected chi connectivity index (χ4v) is 1.28. The van der Waals surface area contributed by atoms with Crippen molar-refractivity contribution in [1.82, 2.24) is 0 Å². The largest absolute Gasteiger partial charge is 0.454 e. The zero-order valence-corrected chi connectivity index (χ0v) is 8.75. The summed E-state index contributed by atoms with van der Waals surface area (Å²) in [5.74, 6) is -0.606. The van der Waals surface area contributed by atoms with Gasteiger partial charge in [0.25, 0.3) is 5.69 Å². The average Bonchev–Trinajstić information content (AvgIpc) is 2.28. The van der Waals surface area contributed by atoms with Crippen molar-refractivity contribution < 1.29 is 14.5 Å². The number of carbonyl (C=O) groups excluding carboxylic acids is 1. The second-order valence-corrected chi connectivity index (χ2v) is 3.10. The van der Waals surface area contributed by atoms with Gasteiger partial charge < -0.3 is 4.74 Å². The van der Waals surface area contributed by atoms with Crippen LogP contribution < -0.4 is 0 Å². The molecule has 0 saturated heterocycles. The lowest BCUT2D eigenvalue weighted by Crippen LogP contribution is -2.07. The molecule has 0 aliphatic heterocycles. The molecule has 5 heteroatoms. The Morgan fingerprint density at radius 2 is 2.19 bits per heavy atom. The monoisotopic (exact) mass is 221 g/mol. The minimum absolute atomic E-state index is 0.0631. The summed E-state index contributed by atoms with van der Waals surface area (Å²) in [5, 5.41) is 10.7. The van der Waals surface area contributed by atoms with Crippen molar-refractivity contribution in [2.45, 2.75) is 13.0 Å². The quantitative estimate of drug-likeness (QED) is 0.339. The van der Waals surface area contributed by atoms with E-state index in [-0.39, 0.29) is 5.69 Å². The molecule has 0 spiro atoms. The summed E-state index contributed by atoms with van der Waals surface area (Å²) in [5.41, 5.74) is 0.301. The molecule has 16 heavy (non-hydrogen) atoms. The van der Waals surface area contributed by atoms with Gasteiger partial charge in [-0.1, -0.05) is 18.7 Å². The molecule has 1 atom stereocenters. The number of benzene rings is 1. The fourth-order valence-electron chi connectivity index (χ4n) is 1.28. The van der Waals surface area contributed by atoms with E-state index in [4.69, 9.17) is 4.74 Å². The molecular weight excluding hydrogens is 210 g/mol. The van der Waals surface area contributed by atoms with Crippen LogP contribution in [0.5, 0.6) is 0 Å². The first kappa shape index (κ1) is 11.9. The van der Waals surface area contributed by atoms with Crippen molar-refractivity contribution in [3.63, 3.8) is 0 Å². The topological polar surface area (TPSA) is 69.4 Å². The molecule has 1 rings (SSSR count). The van der Waals surface area contributed by atoms with Gasteiger partial charge in [0.15, 0.2) is 0 Å². The first-order chi connectivity index (χ1) is 7.56. The molecule has 0 saturated carbocycles. The molecule has 1 aromatic carbocycles. The van der Waals surface area contributed by atoms with Crippen molar-refractivity contribution in [1.29, 1.82) is 0 Å². The number of nitrogens with zero attached hydrogens (tertiary/aromatic N) is 1. The van der Waals surface area contributed by atoms with Crippen molar-refractivity contribution in [2.24, 2.45) is 0 Å². The van der Waals surface area contributed by atoms with Crippen LogP contribution in [-0.4, -0.2) is 10.9 Å². The van der Waals surface area contributed by atoms with Crippen LogP contribution >= 0.6 is 0 Å². The summed E-state index contributed by atoms with van der Waals surface area (Å²) in [7, 11) is 0. The van der Waals surface area contributed by atoms with E-state index in [2.05, 4.69) is 6.58 Å². The molecule has 0 heterocycles. The smallest absolute Gasteiger partial charge is 0.330 e. The summed E-state index contributed by atoms with van der Waals surface area (Å²) in [6.45, 7) is 4.83. The molecular formula is C11H11NO4. The van der Waals surface area contributed by atoms with E-state index < -0.39 is 17.0 Å². The first-order valence-corrected chi connectivity index (χ1v) is 4.62. The SMILES string of the molecule is C=CC(=O)OC(C)c1ccccc1[N+](=O)[O-]. The Labute approximate surface area is 92.5 Å². The standard InChI is InChI=1S/C11H11NO4/c1-3-11(13)16-8(2)9-6-4-5-7-10(9)12(14)15/h3-8H,1H2,2H3. The van der Waals surface area contributed by atoms with Gasteiger partial charge in [-0.05, 0) is 13.0 Å². The summed E-state index contributed by atoms with van der Waals surface area (Å²) in [6.07, 6.45) is 0.345. The van der Waals surface area contributed by atoms with Crippen LogP contribution in [0.2, 0.25) is 0 Å². The number of carbonyl (C=O) groups is 1. The minimum atomic E-state index is -0.674. The first-order valence-electron chi connectivity index (χ1n) is 4.62. The lowest BCUT2D eigenvalue weighted by molar-refractivity contribution is -0.386. The molecule has 0 fully saturated rings. The van der Waals surface area contributed by atoms with Crippen molar-refractivity contribution in [2.75, 3.05) is 0 Å². The van der Waals surface area contributed by atoms with Crippen LogP contribution in [0.3, 0.4) is 0 Å². The normalized spacial score (nSPS) is 11.6. The number of hydrogen-bond acceptors (Lipinski definition) is 4. The molecule has 5 nitrogen and oxygen atoms in total. The Morgan fingerprint density at radius 1 is 1.56 bits per heavy atom. The minimum Gasteiger partial charge on any atom is -0.454 e. The zero-order valence-electron chi connectivity index (χ0n) is 8.75. The third kappa shape index (κ3) is 2.66. The van der Waals surface area contributed by atoms with E-state index in [9.17, 15) is 14.9 Å². The number of esters is 1. The van der Waals surface area contributed by atoms with Gasteiger partial charge in [0.1, 0.15) is 6.10 Å². The number of rotatable bonds is 4. The molecule has 84 valence electrons. The van der Waals surface area contributed by atoms with E-state index >= 15 is 0 Å². The van der Waals surface area contributed by atoms with Gasteiger partial charge in [-0.2, -0.15) is 0 Å². The summed E-state index contributed by atoms with van der Waals surface area (Å²) >= 11 is 0. The van der Waals surface area contributed by atoms with Crippen LogP contribution in [0, 0.1) is 10.1 Å². The zero-order chi connectivity index (χ0) is 12.1. The fraction of sp³-hybridized carbons (Fsp3) is 0.182. The van der Waals surface area contributed by atoms with Crippen molar-refractivity contribution >= 4 is 11.7 Å². The summed E-state index contributed by atoms with van der Waals surface area (Å²) < 4.78 is 4.91. The molecule has 0 amide bonds.